The lowest BCUT2D eigenvalue weighted by molar-refractivity contribution is -0.119. The van der Waals surface area contributed by atoms with E-state index in [-0.39, 0.29) is 17.8 Å². The highest BCUT2D eigenvalue weighted by molar-refractivity contribution is 7.92. The van der Waals surface area contributed by atoms with Gasteiger partial charge in [0.1, 0.15) is 12.4 Å². The van der Waals surface area contributed by atoms with E-state index in [9.17, 15) is 17.6 Å². The van der Waals surface area contributed by atoms with Crippen LogP contribution in [0.3, 0.4) is 0 Å². The lowest BCUT2D eigenvalue weighted by Gasteiger charge is -2.37. The Morgan fingerprint density at radius 2 is 1.85 bits per heavy atom. The molecule has 1 heterocycles. The number of carbonyl (C=O) groups excluding carboxylic acids is 1. The lowest BCUT2D eigenvalue weighted by Crippen LogP contribution is -2.39. The molecular formula is C29H28ClFN4O3S. The predicted octanol–water partition coefficient (Wildman–Crippen LogP) is 5.61. The number of rotatable bonds is 7. The molecule has 3 aromatic rings. The number of nitrogens with one attached hydrogen (secondary N) is 2. The standard InChI is InChI=1S/C29H28ClFN4O3S/c1-18(33-34-28(36)17-35(39(2,37)38)23-13-9-21(30)10-14-23)20-8-15-27-26(16-20)24-4-3-5-25(24)29(32-27)19-6-11-22(31)12-7-19/h3-4,6-16,24-25,29,32H,5,17H2,1-2H3,(H,34,36)/b33-18+. The smallest absolute Gasteiger partial charge is 0.260 e. The Kier molecular flexibility index (Phi) is 7.46. The van der Waals surface area contributed by atoms with E-state index in [1.807, 2.05) is 24.3 Å². The highest BCUT2D eigenvalue weighted by Gasteiger charge is 2.38. The number of anilines is 2. The molecule has 7 nitrogen and oxygen atoms in total. The molecule has 202 valence electrons. The molecular weight excluding hydrogens is 539 g/mol. The summed E-state index contributed by atoms with van der Waals surface area (Å²) in [7, 11) is -3.71. The Labute approximate surface area is 232 Å². The number of fused-ring (bicyclic) bond motifs is 3. The van der Waals surface area contributed by atoms with Crippen LogP contribution < -0.4 is 15.0 Å². The van der Waals surface area contributed by atoms with Crippen molar-refractivity contribution in [1.29, 1.82) is 0 Å². The van der Waals surface area contributed by atoms with Gasteiger partial charge >= 0.3 is 0 Å². The van der Waals surface area contributed by atoms with Gasteiger partial charge in [0.2, 0.25) is 10.0 Å². The Morgan fingerprint density at radius 1 is 1.13 bits per heavy atom. The average Bonchev–Trinajstić information content (AvgIpc) is 3.41. The van der Waals surface area contributed by atoms with Gasteiger partial charge in [-0.05, 0) is 84.5 Å². The molecule has 0 radical (unpaired) electrons. The van der Waals surface area contributed by atoms with Crippen molar-refractivity contribution in [3.05, 3.63) is 106 Å². The van der Waals surface area contributed by atoms with E-state index in [0.717, 1.165) is 39.4 Å². The first kappa shape index (κ1) is 26.9. The molecule has 2 N–H and O–H groups in total. The number of hydrogen-bond acceptors (Lipinski definition) is 5. The monoisotopic (exact) mass is 566 g/mol. The van der Waals surface area contributed by atoms with E-state index < -0.39 is 22.5 Å². The minimum atomic E-state index is -3.71. The summed E-state index contributed by atoms with van der Waals surface area (Å²) in [6.45, 7) is 1.36. The van der Waals surface area contributed by atoms with Gasteiger partial charge < -0.3 is 5.32 Å². The van der Waals surface area contributed by atoms with Gasteiger partial charge in [0, 0.05) is 16.6 Å². The fourth-order valence-electron chi connectivity index (χ4n) is 5.20. The number of hydrazone groups is 1. The second kappa shape index (κ2) is 10.8. The van der Waals surface area contributed by atoms with E-state index in [1.165, 1.54) is 24.3 Å². The molecule has 3 atom stereocenters. The zero-order chi connectivity index (χ0) is 27.7. The number of benzene rings is 3. The van der Waals surface area contributed by atoms with Crippen LogP contribution in [0.2, 0.25) is 5.02 Å². The van der Waals surface area contributed by atoms with Crippen LogP contribution in [-0.4, -0.2) is 32.8 Å². The third-order valence-corrected chi connectivity index (χ3v) is 8.55. The molecule has 0 fully saturated rings. The van der Waals surface area contributed by atoms with Crippen molar-refractivity contribution in [2.45, 2.75) is 25.3 Å². The van der Waals surface area contributed by atoms with Crippen molar-refractivity contribution in [2.24, 2.45) is 11.0 Å². The largest absolute Gasteiger partial charge is 0.378 e. The van der Waals surface area contributed by atoms with Gasteiger partial charge in [-0.15, -0.1) is 0 Å². The summed E-state index contributed by atoms with van der Waals surface area (Å²) in [5.74, 6) is -0.335. The molecule has 0 aromatic heterocycles. The minimum absolute atomic E-state index is 0.0661. The maximum atomic E-state index is 13.5. The van der Waals surface area contributed by atoms with Crippen LogP contribution in [0.5, 0.6) is 0 Å². The van der Waals surface area contributed by atoms with E-state index in [4.69, 9.17) is 11.6 Å². The van der Waals surface area contributed by atoms with Crippen molar-refractivity contribution in [3.63, 3.8) is 0 Å². The van der Waals surface area contributed by atoms with Crippen LogP contribution >= 0.6 is 11.6 Å². The number of allylic oxidation sites excluding steroid dienone is 2. The van der Waals surface area contributed by atoms with E-state index in [2.05, 4.69) is 34.1 Å². The topological polar surface area (TPSA) is 90.9 Å². The first-order valence-electron chi connectivity index (χ1n) is 12.5. The Balaban J connectivity index is 1.32. The first-order chi connectivity index (χ1) is 18.6. The fraction of sp³-hybridized carbons (Fsp3) is 0.241. The van der Waals surface area contributed by atoms with Gasteiger partial charge in [0.05, 0.1) is 23.7 Å². The molecule has 2 aliphatic rings. The van der Waals surface area contributed by atoms with Crippen LogP contribution in [0.1, 0.15) is 42.0 Å². The van der Waals surface area contributed by atoms with Gasteiger partial charge in [0.15, 0.2) is 0 Å². The summed E-state index contributed by atoms with van der Waals surface area (Å²) < 4.78 is 39.1. The average molecular weight is 567 g/mol. The van der Waals surface area contributed by atoms with Gasteiger partial charge in [0.25, 0.3) is 5.91 Å². The van der Waals surface area contributed by atoms with E-state index in [0.29, 0.717) is 22.3 Å². The number of amides is 1. The number of sulfonamides is 1. The van der Waals surface area contributed by atoms with Crippen LogP contribution in [0.4, 0.5) is 15.8 Å². The molecule has 5 rings (SSSR count). The predicted molar refractivity (Wildman–Crippen MR) is 153 cm³/mol. The molecule has 0 bridgehead atoms. The SMILES string of the molecule is C/C(=N\NC(=O)CN(c1ccc(Cl)cc1)S(C)(=O)=O)c1ccc2c(c1)C1C=CCC1C(c1ccc(F)cc1)N2. The third kappa shape index (κ3) is 5.84. The Bertz CT molecular complexity index is 1560. The number of halogens is 2. The highest BCUT2D eigenvalue weighted by Crippen LogP contribution is 2.50. The molecule has 0 saturated heterocycles. The molecule has 1 amide bonds. The van der Waals surface area contributed by atoms with Gasteiger partial charge in [-0.3, -0.25) is 9.10 Å². The van der Waals surface area contributed by atoms with E-state index >= 15 is 0 Å². The maximum absolute atomic E-state index is 13.5. The Morgan fingerprint density at radius 3 is 2.54 bits per heavy atom. The van der Waals surface area contributed by atoms with Crippen molar-refractivity contribution in [2.75, 3.05) is 22.4 Å². The molecule has 1 aliphatic heterocycles. The fourth-order valence-corrected chi connectivity index (χ4v) is 6.19. The molecule has 39 heavy (non-hydrogen) atoms. The van der Waals surface area contributed by atoms with Crippen LogP contribution in [0, 0.1) is 11.7 Å². The summed E-state index contributed by atoms with van der Waals surface area (Å²) >= 11 is 5.91. The van der Waals surface area contributed by atoms with E-state index in [1.54, 1.807) is 19.1 Å². The zero-order valence-corrected chi connectivity index (χ0v) is 23.0. The summed E-state index contributed by atoms with van der Waals surface area (Å²) in [5.41, 5.74) is 7.43. The van der Waals surface area contributed by atoms with Crippen LogP contribution in [0.25, 0.3) is 0 Å². The van der Waals surface area contributed by atoms with Crippen LogP contribution in [-0.2, 0) is 14.8 Å². The summed E-state index contributed by atoms with van der Waals surface area (Å²) in [4.78, 5) is 12.7. The zero-order valence-electron chi connectivity index (χ0n) is 21.4. The highest BCUT2D eigenvalue weighted by atomic mass is 35.5. The van der Waals surface area contributed by atoms with Crippen molar-refractivity contribution >= 4 is 44.6 Å². The number of hydrogen-bond donors (Lipinski definition) is 2. The number of nitrogens with zero attached hydrogens (tertiary/aromatic N) is 2. The molecule has 3 aromatic carbocycles. The minimum Gasteiger partial charge on any atom is -0.378 e. The molecule has 0 saturated carbocycles. The Hall–Kier alpha value is -3.69. The summed E-state index contributed by atoms with van der Waals surface area (Å²) in [6, 6.07) is 18.9. The van der Waals surface area contributed by atoms with Crippen molar-refractivity contribution in [3.8, 4) is 0 Å². The molecule has 0 spiro atoms. The molecule has 10 heteroatoms. The van der Waals surface area contributed by atoms with Crippen LogP contribution in [0.15, 0.2) is 84.0 Å². The maximum Gasteiger partial charge on any atom is 0.260 e. The normalized spacial score (nSPS) is 20.1. The molecule has 3 unspecified atom stereocenters. The lowest BCUT2D eigenvalue weighted by atomic mass is 9.76. The van der Waals surface area contributed by atoms with Crippen molar-refractivity contribution < 1.29 is 17.6 Å². The second-order valence-corrected chi connectivity index (χ2v) is 12.2. The van der Waals surface area contributed by atoms with Gasteiger partial charge in [-0.1, -0.05) is 42.0 Å². The second-order valence-electron chi connectivity index (χ2n) is 9.81. The number of carbonyl (C=O) groups is 1. The van der Waals surface area contributed by atoms with Gasteiger partial charge in [-0.2, -0.15) is 5.10 Å². The van der Waals surface area contributed by atoms with Crippen molar-refractivity contribution in [1.82, 2.24) is 5.43 Å². The third-order valence-electron chi connectivity index (χ3n) is 7.16. The summed E-state index contributed by atoms with van der Waals surface area (Å²) in [6.07, 6.45) is 6.35. The first-order valence-corrected chi connectivity index (χ1v) is 14.7. The summed E-state index contributed by atoms with van der Waals surface area (Å²) in [5, 5.41) is 8.34. The molecule has 1 aliphatic carbocycles. The van der Waals surface area contributed by atoms with Gasteiger partial charge in [-0.25, -0.2) is 18.2 Å². The quantitative estimate of drug-likeness (QED) is 0.221.